The minimum atomic E-state index is -1.28. The highest BCUT2D eigenvalue weighted by molar-refractivity contribution is 6.01. The van der Waals surface area contributed by atoms with Gasteiger partial charge >= 0.3 is 0 Å². The molecule has 0 amide bonds. The predicted molar refractivity (Wildman–Crippen MR) is 151 cm³/mol. The molecule has 1 N–H and O–H groups in total. The van der Waals surface area contributed by atoms with Gasteiger partial charge in [-0.15, -0.1) is 0 Å². The molecule has 3 aromatic rings. The summed E-state index contributed by atoms with van der Waals surface area (Å²) < 4.78 is 10.3. The van der Waals surface area contributed by atoms with Gasteiger partial charge in [0.05, 0.1) is 0 Å². The summed E-state index contributed by atoms with van der Waals surface area (Å²) in [6.45, 7) is 8.71. The summed E-state index contributed by atoms with van der Waals surface area (Å²) in [5.41, 5.74) is 0.712. The molecule has 6 heteroatoms. The minimum Gasteiger partial charge on any atom is -0.382 e. The number of carbonyl (C=O) groups excluding carboxylic acids is 3. The molecule has 0 spiro atoms. The monoisotopic (exact) mass is 520 g/mol. The highest BCUT2D eigenvalue weighted by Gasteiger charge is 2.24. The maximum Gasteiger partial charge on any atom is 0.193 e. The van der Waals surface area contributed by atoms with E-state index in [-0.39, 0.29) is 30.6 Å². The van der Waals surface area contributed by atoms with Gasteiger partial charge in [-0.1, -0.05) is 105 Å². The molecular formula is C32H40O6. The SMILES string of the molecule is CC(C)(O)C(=O)c1ccccc1.CCCOCC(=O)c1ccccc1.CCCOCC(=O)c1ccccc1. The van der Waals surface area contributed by atoms with Gasteiger partial charge in [0.15, 0.2) is 17.3 Å². The first-order chi connectivity index (χ1) is 18.2. The van der Waals surface area contributed by atoms with Crippen LogP contribution in [0.1, 0.15) is 71.6 Å². The lowest BCUT2D eigenvalue weighted by molar-refractivity contribution is 0.0488. The largest absolute Gasteiger partial charge is 0.382 e. The molecule has 0 fully saturated rings. The summed E-state index contributed by atoms with van der Waals surface area (Å²) in [4.78, 5) is 34.2. The fourth-order valence-electron chi connectivity index (χ4n) is 2.98. The normalized spacial score (nSPS) is 10.3. The number of aliphatic hydroxyl groups is 1. The van der Waals surface area contributed by atoms with Crippen molar-refractivity contribution in [3.05, 3.63) is 108 Å². The summed E-state index contributed by atoms with van der Waals surface area (Å²) in [7, 11) is 0. The second-order valence-electron chi connectivity index (χ2n) is 8.94. The van der Waals surface area contributed by atoms with Crippen molar-refractivity contribution in [3.8, 4) is 0 Å². The first-order valence-electron chi connectivity index (χ1n) is 12.8. The Labute approximate surface area is 226 Å². The lowest BCUT2D eigenvalue weighted by Crippen LogP contribution is -2.30. The number of rotatable bonds is 12. The maximum absolute atomic E-state index is 11.4. The van der Waals surface area contributed by atoms with E-state index in [0.717, 1.165) is 24.0 Å². The third-order valence-corrected chi connectivity index (χ3v) is 4.95. The molecule has 0 aliphatic carbocycles. The van der Waals surface area contributed by atoms with Gasteiger partial charge in [-0.25, -0.2) is 0 Å². The standard InChI is InChI=1S/2C11H14O2.C10H12O2/c2*1-2-8-13-9-11(12)10-6-4-3-5-7-10;1-10(2,12)9(11)8-6-4-3-5-7-8/h2*3-7H,2,8-9H2,1H3;3-7,12H,1-2H3. The average molecular weight is 521 g/mol. The third-order valence-electron chi connectivity index (χ3n) is 4.95. The van der Waals surface area contributed by atoms with Crippen LogP contribution in [0, 0.1) is 0 Å². The molecule has 0 aliphatic heterocycles. The van der Waals surface area contributed by atoms with E-state index in [9.17, 15) is 19.5 Å². The Bertz CT molecular complexity index is 1000. The Morgan fingerprint density at radius 1 is 0.605 bits per heavy atom. The first kappa shape index (κ1) is 32.6. The summed E-state index contributed by atoms with van der Waals surface area (Å²) in [5, 5.41) is 9.39. The second kappa shape index (κ2) is 18.7. The van der Waals surface area contributed by atoms with Crippen molar-refractivity contribution in [2.75, 3.05) is 26.4 Å². The molecule has 0 unspecified atom stereocenters. The Morgan fingerprint density at radius 2 is 0.921 bits per heavy atom. The van der Waals surface area contributed by atoms with E-state index in [2.05, 4.69) is 0 Å². The zero-order valence-corrected chi connectivity index (χ0v) is 22.9. The molecule has 0 aromatic heterocycles. The Morgan fingerprint density at radius 3 is 1.21 bits per heavy atom. The van der Waals surface area contributed by atoms with Crippen LogP contribution in [0.15, 0.2) is 91.0 Å². The number of Topliss-reactive ketones (excluding diaryl/α,β-unsaturated/α-hetero) is 3. The Kier molecular flexibility index (Phi) is 16.1. The molecule has 0 radical (unpaired) electrons. The van der Waals surface area contributed by atoms with Gasteiger partial charge in [0.25, 0.3) is 0 Å². The van der Waals surface area contributed by atoms with E-state index < -0.39 is 5.60 Å². The molecule has 204 valence electrons. The van der Waals surface area contributed by atoms with Gasteiger partial charge in [-0.2, -0.15) is 0 Å². The van der Waals surface area contributed by atoms with Gasteiger partial charge in [0.1, 0.15) is 18.8 Å². The summed E-state index contributed by atoms with van der Waals surface area (Å²) in [5.74, 6) is -0.147. The minimum absolute atomic E-state index is 0.0500. The van der Waals surface area contributed by atoms with E-state index >= 15 is 0 Å². The van der Waals surface area contributed by atoms with Crippen molar-refractivity contribution < 1.29 is 29.0 Å². The van der Waals surface area contributed by atoms with Crippen molar-refractivity contribution in [2.45, 2.75) is 46.1 Å². The van der Waals surface area contributed by atoms with Crippen LogP contribution >= 0.6 is 0 Å². The first-order valence-corrected chi connectivity index (χ1v) is 12.8. The Balaban J connectivity index is 0.000000285. The van der Waals surface area contributed by atoms with E-state index in [0.29, 0.717) is 18.8 Å². The zero-order chi connectivity index (χ0) is 28.2. The van der Waals surface area contributed by atoms with Crippen LogP contribution in [0.5, 0.6) is 0 Å². The van der Waals surface area contributed by atoms with Crippen LogP contribution in [-0.2, 0) is 9.47 Å². The summed E-state index contributed by atoms with van der Waals surface area (Å²) >= 11 is 0. The molecule has 0 aliphatic rings. The molecule has 3 rings (SSSR count). The quantitative estimate of drug-likeness (QED) is 0.225. The van der Waals surface area contributed by atoms with Crippen molar-refractivity contribution >= 4 is 17.3 Å². The molecule has 0 saturated carbocycles. The van der Waals surface area contributed by atoms with E-state index in [1.54, 1.807) is 48.5 Å². The smallest absolute Gasteiger partial charge is 0.193 e. The molecule has 0 saturated heterocycles. The highest BCUT2D eigenvalue weighted by atomic mass is 16.5. The van der Waals surface area contributed by atoms with Crippen molar-refractivity contribution in [1.29, 1.82) is 0 Å². The average Bonchev–Trinajstić information content (AvgIpc) is 2.94. The van der Waals surface area contributed by atoms with E-state index in [1.165, 1.54) is 13.8 Å². The number of ether oxygens (including phenoxy) is 2. The van der Waals surface area contributed by atoms with Gasteiger partial charge < -0.3 is 14.6 Å². The molecule has 3 aromatic carbocycles. The second-order valence-corrected chi connectivity index (χ2v) is 8.94. The van der Waals surface area contributed by atoms with Crippen LogP contribution in [0.2, 0.25) is 0 Å². The fourth-order valence-corrected chi connectivity index (χ4v) is 2.98. The van der Waals surface area contributed by atoms with Gasteiger partial charge in [-0.05, 0) is 26.7 Å². The van der Waals surface area contributed by atoms with Crippen molar-refractivity contribution in [2.24, 2.45) is 0 Å². The number of benzene rings is 3. The lowest BCUT2D eigenvalue weighted by Gasteiger charge is -2.14. The maximum atomic E-state index is 11.4. The van der Waals surface area contributed by atoms with Gasteiger partial charge in [-0.3, -0.25) is 14.4 Å². The van der Waals surface area contributed by atoms with E-state index in [4.69, 9.17) is 9.47 Å². The third kappa shape index (κ3) is 13.7. The van der Waals surface area contributed by atoms with Crippen LogP contribution in [0.25, 0.3) is 0 Å². The number of carbonyl (C=O) groups is 3. The van der Waals surface area contributed by atoms with Gasteiger partial charge in [0.2, 0.25) is 0 Å². The molecule has 6 nitrogen and oxygen atoms in total. The van der Waals surface area contributed by atoms with Crippen molar-refractivity contribution in [1.82, 2.24) is 0 Å². The van der Waals surface area contributed by atoms with Crippen LogP contribution in [0.4, 0.5) is 0 Å². The molecule has 0 heterocycles. The summed E-state index contributed by atoms with van der Waals surface area (Å²) in [6, 6.07) is 27.2. The summed E-state index contributed by atoms with van der Waals surface area (Å²) in [6.07, 6.45) is 1.89. The van der Waals surface area contributed by atoms with E-state index in [1.807, 2.05) is 56.3 Å². The van der Waals surface area contributed by atoms with Crippen LogP contribution < -0.4 is 0 Å². The lowest BCUT2D eigenvalue weighted by atomic mass is 9.97. The molecular weight excluding hydrogens is 480 g/mol. The number of hydrogen-bond acceptors (Lipinski definition) is 6. The van der Waals surface area contributed by atoms with Crippen LogP contribution in [-0.4, -0.2) is 54.5 Å². The zero-order valence-electron chi connectivity index (χ0n) is 22.9. The molecule has 0 bridgehead atoms. The highest BCUT2D eigenvalue weighted by Crippen LogP contribution is 2.11. The predicted octanol–water partition coefficient (Wildman–Crippen LogP) is 6.23. The topological polar surface area (TPSA) is 89.9 Å². The van der Waals surface area contributed by atoms with Crippen molar-refractivity contribution in [3.63, 3.8) is 0 Å². The molecule has 38 heavy (non-hydrogen) atoms. The molecule has 0 atom stereocenters. The Hall–Kier alpha value is -3.45. The fraction of sp³-hybridized carbons (Fsp3) is 0.344. The number of ketones is 3. The van der Waals surface area contributed by atoms with Crippen LogP contribution in [0.3, 0.4) is 0 Å². The number of hydrogen-bond donors (Lipinski definition) is 1. The van der Waals surface area contributed by atoms with Gasteiger partial charge in [0, 0.05) is 29.9 Å².